The van der Waals surface area contributed by atoms with Gasteiger partial charge in [0.15, 0.2) is 0 Å². The smallest absolute Gasteiger partial charge is 0.463 e. The number of aliphatic hydroxyl groups is 1. The topological polar surface area (TPSA) is 131 Å². The molecule has 0 aliphatic rings. The standard InChI is InChI=1S/C29H52NO8P/c1-3-5-7-8-9-10-11-12-13-14-15-16-17-18-20-21-28(32)30-23-24-37-39(34,35)38-26-27(31)25-36-29(33)22-19-6-4-2/h5,7,9-10,12-13,27,31H,3-4,6,8,11,14-26H2,1-2H3,(H,30,32)(H,34,35)/b7-5-,10-9-,13-12-. The highest BCUT2D eigenvalue weighted by Crippen LogP contribution is 2.42. The van der Waals surface area contributed by atoms with Crippen molar-refractivity contribution >= 4 is 19.7 Å². The van der Waals surface area contributed by atoms with E-state index in [0.29, 0.717) is 12.8 Å². The van der Waals surface area contributed by atoms with Crippen LogP contribution in [0.3, 0.4) is 0 Å². The minimum absolute atomic E-state index is 0.0711. The lowest BCUT2D eigenvalue weighted by Gasteiger charge is -2.15. The molecule has 39 heavy (non-hydrogen) atoms. The fourth-order valence-electron chi connectivity index (χ4n) is 3.39. The van der Waals surface area contributed by atoms with Gasteiger partial charge in [0, 0.05) is 19.4 Å². The van der Waals surface area contributed by atoms with Crippen LogP contribution in [0.1, 0.15) is 104 Å². The van der Waals surface area contributed by atoms with Crippen LogP contribution in [-0.2, 0) is 27.9 Å². The van der Waals surface area contributed by atoms with Crippen molar-refractivity contribution in [2.45, 2.75) is 110 Å². The van der Waals surface area contributed by atoms with Gasteiger partial charge >= 0.3 is 13.8 Å². The molecule has 0 aromatic rings. The zero-order chi connectivity index (χ0) is 29.0. The molecule has 0 aromatic heterocycles. The predicted octanol–water partition coefficient (Wildman–Crippen LogP) is 6.31. The third kappa shape index (κ3) is 27.6. The minimum Gasteiger partial charge on any atom is -0.463 e. The zero-order valence-corrected chi connectivity index (χ0v) is 25.0. The summed E-state index contributed by atoms with van der Waals surface area (Å²) in [5, 5.41) is 12.4. The number of rotatable bonds is 26. The van der Waals surface area contributed by atoms with Crippen LogP contribution in [0.15, 0.2) is 36.5 Å². The quantitative estimate of drug-likeness (QED) is 0.0475. The number of carbonyl (C=O) groups is 2. The first-order valence-corrected chi connectivity index (χ1v) is 16.0. The molecule has 0 aliphatic carbocycles. The SMILES string of the molecule is CC/C=C\C/C=C\C/C=C\CCCCCCCC(=O)NCCOP(=O)(O)OCC(O)COC(=O)CCCCC. The number of amides is 1. The summed E-state index contributed by atoms with van der Waals surface area (Å²) < 4.78 is 26.3. The molecule has 1 amide bonds. The molecule has 0 fully saturated rings. The number of nitrogens with one attached hydrogen (secondary N) is 1. The summed E-state index contributed by atoms with van der Waals surface area (Å²) in [6, 6.07) is 0. The average molecular weight is 574 g/mol. The van der Waals surface area contributed by atoms with Gasteiger partial charge in [0.05, 0.1) is 13.2 Å². The second kappa shape index (κ2) is 26.5. The molecule has 0 rings (SSSR count). The maximum absolute atomic E-state index is 11.9. The molecule has 2 unspecified atom stereocenters. The average Bonchev–Trinajstić information content (AvgIpc) is 2.91. The Morgan fingerprint density at radius 1 is 0.821 bits per heavy atom. The summed E-state index contributed by atoms with van der Waals surface area (Å²) in [4.78, 5) is 33.1. The van der Waals surface area contributed by atoms with Gasteiger partial charge < -0.3 is 20.1 Å². The Morgan fingerprint density at radius 2 is 1.46 bits per heavy atom. The molecule has 0 aliphatic heterocycles. The van der Waals surface area contributed by atoms with Crippen LogP contribution in [0.2, 0.25) is 0 Å². The van der Waals surface area contributed by atoms with E-state index in [-0.39, 0.29) is 32.1 Å². The Kier molecular flexibility index (Phi) is 25.3. The Morgan fingerprint density at radius 3 is 2.18 bits per heavy atom. The number of phosphoric acid groups is 1. The molecule has 226 valence electrons. The largest absolute Gasteiger partial charge is 0.472 e. The lowest BCUT2D eigenvalue weighted by Crippen LogP contribution is -2.27. The fourth-order valence-corrected chi connectivity index (χ4v) is 4.15. The molecule has 0 saturated carbocycles. The maximum Gasteiger partial charge on any atom is 0.472 e. The van der Waals surface area contributed by atoms with Gasteiger partial charge in [-0.15, -0.1) is 0 Å². The Labute approximate surface area is 235 Å². The van der Waals surface area contributed by atoms with Crippen molar-refractivity contribution in [2.75, 3.05) is 26.4 Å². The molecule has 3 N–H and O–H groups in total. The summed E-state index contributed by atoms with van der Waals surface area (Å²) in [5.41, 5.74) is 0. The number of phosphoric ester groups is 1. The van der Waals surface area contributed by atoms with Crippen LogP contribution in [0.5, 0.6) is 0 Å². The van der Waals surface area contributed by atoms with Crippen molar-refractivity contribution in [3.63, 3.8) is 0 Å². The van der Waals surface area contributed by atoms with E-state index in [2.05, 4.69) is 48.7 Å². The molecule has 0 bridgehead atoms. The van der Waals surface area contributed by atoms with Crippen LogP contribution in [0, 0.1) is 0 Å². The van der Waals surface area contributed by atoms with Gasteiger partial charge in [-0.05, 0) is 44.9 Å². The molecule has 0 heterocycles. The molecule has 0 radical (unpaired) electrons. The summed E-state index contributed by atoms with van der Waals surface area (Å²) >= 11 is 0. The molecular formula is C29H52NO8P. The van der Waals surface area contributed by atoms with Gasteiger partial charge in [-0.3, -0.25) is 18.6 Å². The van der Waals surface area contributed by atoms with Crippen molar-refractivity contribution in [3.8, 4) is 0 Å². The zero-order valence-electron chi connectivity index (χ0n) is 24.1. The summed E-state index contributed by atoms with van der Waals surface area (Å²) in [6.45, 7) is 3.17. The predicted molar refractivity (Wildman–Crippen MR) is 155 cm³/mol. The van der Waals surface area contributed by atoms with E-state index in [9.17, 15) is 24.2 Å². The Balaban J connectivity index is 3.67. The van der Waals surface area contributed by atoms with E-state index in [1.165, 1.54) is 0 Å². The van der Waals surface area contributed by atoms with E-state index in [1.54, 1.807) is 0 Å². The van der Waals surface area contributed by atoms with Crippen molar-refractivity contribution in [2.24, 2.45) is 0 Å². The van der Waals surface area contributed by atoms with Crippen LogP contribution in [-0.4, -0.2) is 54.3 Å². The molecule has 0 saturated heterocycles. The van der Waals surface area contributed by atoms with Crippen molar-refractivity contribution in [3.05, 3.63) is 36.5 Å². The fraction of sp³-hybridized carbons (Fsp3) is 0.724. The summed E-state index contributed by atoms with van der Waals surface area (Å²) in [7, 11) is -4.39. The number of aliphatic hydroxyl groups excluding tert-OH is 1. The van der Waals surface area contributed by atoms with E-state index in [1.807, 2.05) is 6.92 Å². The van der Waals surface area contributed by atoms with Gasteiger partial charge in [0.1, 0.15) is 12.7 Å². The monoisotopic (exact) mass is 573 g/mol. The van der Waals surface area contributed by atoms with Crippen molar-refractivity contribution < 1.29 is 37.9 Å². The normalized spacial score (nSPS) is 14.3. The van der Waals surface area contributed by atoms with E-state index in [0.717, 1.165) is 70.6 Å². The van der Waals surface area contributed by atoms with Crippen LogP contribution < -0.4 is 5.32 Å². The summed E-state index contributed by atoms with van der Waals surface area (Å²) in [6.07, 6.45) is 24.5. The second-order valence-electron chi connectivity index (χ2n) is 9.34. The van der Waals surface area contributed by atoms with Gasteiger partial charge in [0.25, 0.3) is 0 Å². The van der Waals surface area contributed by atoms with Crippen LogP contribution >= 0.6 is 7.82 Å². The van der Waals surface area contributed by atoms with Gasteiger partial charge in [-0.2, -0.15) is 0 Å². The third-order valence-electron chi connectivity index (χ3n) is 5.58. The highest BCUT2D eigenvalue weighted by atomic mass is 31.2. The molecule has 10 heteroatoms. The maximum atomic E-state index is 11.9. The van der Waals surface area contributed by atoms with Crippen LogP contribution in [0.25, 0.3) is 0 Å². The van der Waals surface area contributed by atoms with E-state index < -0.39 is 26.5 Å². The van der Waals surface area contributed by atoms with E-state index in [4.69, 9.17) is 13.8 Å². The molecule has 0 aromatic carbocycles. The lowest BCUT2D eigenvalue weighted by atomic mass is 10.1. The number of ether oxygens (including phenoxy) is 1. The van der Waals surface area contributed by atoms with Gasteiger partial charge in [-0.25, -0.2) is 4.57 Å². The number of esters is 1. The van der Waals surface area contributed by atoms with Gasteiger partial charge in [-0.1, -0.05) is 82.4 Å². The number of hydrogen-bond acceptors (Lipinski definition) is 7. The Bertz CT molecular complexity index is 754. The first-order chi connectivity index (χ1) is 18.8. The first kappa shape index (κ1) is 37.2. The van der Waals surface area contributed by atoms with E-state index >= 15 is 0 Å². The lowest BCUT2D eigenvalue weighted by molar-refractivity contribution is -0.147. The minimum atomic E-state index is -4.39. The molecule has 2 atom stereocenters. The summed E-state index contributed by atoms with van der Waals surface area (Å²) in [5.74, 6) is -0.565. The molecular weight excluding hydrogens is 521 g/mol. The third-order valence-corrected chi connectivity index (χ3v) is 6.57. The van der Waals surface area contributed by atoms with Crippen molar-refractivity contribution in [1.82, 2.24) is 5.32 Å². The van der Waals surface area contributed by atoms with Crippen LogP contribution in [0.4, 0.5) is 0 Å². The second-order valence-corrected chi connectivity index (χ2v) is 10.8. The van der Waals surface area contributed by atoms with Gasteiger partial charge in [0.2, 0.25) is 5.91 Å². The highest BCUT2D eigenvalue weighted by Gasteiger charge is 2.23. The highest BCUT2D eigenvalue weighted by molar-refractivity contribution is 7.47. The number of allylic oxidation sites excluding steroid dienone is 6. The number of hydrogen-bond donors (Lipinski definition) is 3. The molecule has 9 nitrogen and oxygen atoms in total. The molecule has 0 spiro atoms. The first-order valence-electron chi connectivity index (χ1n) is 14.5. The van der Waals surface area contributed by atoms with Crippen molar-refractivity contribution in [1.29, 1.82) is 0 Å². The number of unbranched alkanes of at least 4 members (excludes halogenated alkanes) is 7. The number of carbonyl (C=O) groups excluding carboxylic acids is 2. The Hall–Kier alpha value is -1.77.